The number of pyridine rings is 1. The maximum absolute atomic E-state index is 13.1. The Balaban J connectivity index is 1.21. The first-order valence-corrected chi connectivity index (χ1v) is 11.8. The van der Waals surface area contributed by atoms with Crippen LogP contribution in [0.15, 0.2) is 30.3 Å². The highest BCUT2D eigenvalue weighted by molar-refractivity contribution is 6.01. The summed E-state index contributed by atoms with van der Waals surface area (Å²) in [5, 5.41) is 18.8. The van der Waals surface area contributed by atoms with Gasteiger partial charge in [-0.15, -0.1) is 0 Å². The Morgan fingerprint density at radius 3 is 2.41 bits per heavy atom. The van der Waals surface area contributed by atoms with Gasteiger partial charge in [-0.25, -0.2) is 4.98 Å². The molecule has 4 saturated carbocycles. The second kappa shape index (κ2) is 8.70. The first-order valence-electron chi connectivity index (χ1n) is 11.8. The van der Waals surface area contributed by atoms with Gasteiger partial charge in [0, 0.05) is 24.9 Å². The topological polar surface area (TPSA) is 103 Å². The largest absolute Gasteiger partial charge is 0.480 e. The van der Waals surface area contributed by atoms with Gasteiger partial charge in [-0.05, 0) is 86.0 Å². The number of amides is 1. The summed E-state index contributed by atoms with van der Waals surface area (Å²) in [6, 6.07) is 9.69. The van der Waals surface area contributed by atoms with Gasteiger partial charge < -0.3 is 21.1 Å². The van der Waals surface area contributed by atoms with Crippen molar-refractivity contribution in [1.29, 1.82) is 0 Å². The Morgan fingerprint density at radius 1 is 1.00 bits per heavy atom. The van der Waals surface area contributed by atoms with Gasteiger partial charge in [0.2, 0.25) is 5.91 Å². The molecule has 2 aromatic rings. The van der Waals surface area contributed by atoms with Crippen molar-refractivity contribution in [2.24, 2.45) is 23.2 Å². The minimum atomic E-state index is -0.869. The average molecular weight is 437 g/mol. The number of hydrogen-bond acceptors (Lipinski definition) is 5. The summed E-state index contributed by atoms with van der Waals surface area (Å²) >= 11 is 0. The molecule has 6 rings (SSSR count). The van der Waals surface area contributed by atoms with E-state index >= 15 is 0 Å². The molecule has 4 aliphatic rings. The number of carbonyl (C=O) groups is 2. The maximum atomic E-state index is 13.1. The van der Waals surface area contributed by atoms with Crippen LogP contribution in [0.5, 0.6) is 0 Å². The standard InChI is InChI=1S/C25H32N4O3/c30-23(14-25-11-16-8-17(12-25)10-18(9-16)13-25)29-21-3-1-2-20-19(21)4-5-22(28-20)27-7-6-26-15-24(31)32/h1-5,16-18,26H,6-15H2,(H,27,28)(H,29,30)(H,31,32). The number of anilines is 2. The van der Waals surface area contributed by atoms with Crippen LogP contribution in [-0.2, 0) is 9.59 Å². The van der Waals surface area contributed by atoms with E-state index in [1.807, 2.05) is 30.3 Å². The fraction of sp³-hybridized carbons (Fsp3) is 0.560. The molecule has 4 aliphatic carbocycles. The Hall–Kier alpha value is -2.67. The normalized spacial score (nSPS) is 28.1. The monoisotopic (exact) mass is 436 g/mol. The minimum Gasteiger partial charge on any atom is -0.480 e. The minimum absolute atomic E-state index is 0.0564. The molecule has 1 heterocycles. The third-order valence-corrected chi connectivity index (χ3v) is 7.59. The zero-order valence-electron chi connectivity index (χ0n) is 18.4. The van der Waals surface area contributed by atoms with E-state index in [2.05, 4.69) is 20.9 Å². The summed E-state index contributed by atoms with van der Waals surface area (Å²) in [5.41, 5.74) is 1.87. The molecule has 0 radical (unpaired) electrons. The van der Waals surface area contributed by atoms with Gasteiger partial charge in [-0.2, -0.15) is 0 Å². The van der Waals surface area contributed by atoms with E-state index in [1.165, 1.54) is 38.5 Å². The predicted octanol–water partition coefficient (Wildman–Crippen LogP) is 3.87. The molecule has 1 aromatic heterocycles. The van der Waals surface area contributed by atoms with Gasteiger partial charge in [-0.1, -0.05) is 6.07 Å². The lowest BCUT2D eigenvalue weighted by molar-refractivity contribution is -0.136. The molecule has 4 fully saturated rings. The molecule has 32 heavy (non-hydrogen) atoms. The molecule has 170 valence electrons. The van der Waals surface area contributed by atoms with E-state index in [1.54, 1.807) is 0 Å². The molecule has 1 amide bonds. The fourth-order valence-electron chi connectivity index (χ4n) is 6.88. The van der Waals surface area contributed by atoms with Gasteiger partial charge in [0.05, 0.1) is 17.7 Å². The Bertz CT molecular complexity index is 986. The number of nitrogens with one attached hydrogen (secondary N) is 3. The van der Waals surface area contributed by atoms with E-state index in [0.29, 0.717) is 19.5 Å². The second-order valence-electron chi connectivity index (χ2n) is 10.2. The molecule has 4 bridgehead atoms. The zero-order chi connectivity index (χ0) is 22.1. The Kier molecular flexibility index (Phi) is 5.76. The van der Waals surface area contributed by atoms with Crippen LogP contribution in [-0.4, -0.2) is 41.6 Å². The number of rotatable bonds is 9. The van der Waals surface area contributed by atoms with Crippen molar-refractivity contribution in [3.05, 3.63) is 30.3 Å². The highest BCUT2D eigenvalue weighted by Gasteiger charge is 2.51. The summed E-state index contributed by atoms with van der Waals surface area (Å²) in [4.78, 5) is 28.3. The lowest BCUT2D eigenvalue weighted by Crippen LogP contribution is -2.47. The number of carboxylic acids is 1. The molecule has 4 N–H and O–H groups in total. The maximum Gasteiger partial charge on any atom is 0.317 e. The Labute approximate surface area is 188 Å². The van der Waals surface area contributed by atoms with Crippen LogP contribution in [0.4, 0.5) is 11.5 Å². The quantitative estimate of drug-likeness (QED) is 0.445. The van der Waals surface area contributed by atoms with E-state index < -0.39 is 5.97 Å². The first kappa shape index (κ1) is 21.2. The lowest BCUT2D eigenvalue weighted by atomic mass is 9.49. The van der Waals surface area contributed by atoms with Gasteiger partial charge >= 0.3 is 5.97 Å². The summed E-state index contributed by atoms with van der Waals surface area (Å²) in [6.45, 7) is 1.05. The van der Waals surface area contributed by atoms with Crippen molar-refractivity contribution in [2.45, 2.75) is 44.9 Å². The van der Waals surface area contributed by atoms with Crippen LogP contribution in [0.1, 0.15) is 44.9 Å². The molecule has 7 nitrogen and oxygen atoms in total. The molecule has 0 atom stereocenters. The van der Waals surface area contributed by atoms with Crippen LogP contribution in [0.3, 0.4) is 0 Å². The summed E-state index contributed by atoms with van der Waals surface area (Å²) in [7, 11) is 0. The van der Waals surface area contributed by atoms with Crippen LogP contribution in [0.25, 0.3) is 10.9 Å². The molecule has 0 saturated heterocycles. The molecule has 1 aromatic carbocycles. The van der Waals surface area contributed by atoms with E-state index in [4.69, 9.17) is 5.11 Å². The van der Waals surface area contributed by atoms with Crippen LogP contribution < -0.4 is 16.0 Å². The number of benzene rings is 1. The number of aliphatic carboxylic acids is 1. The number of carbonyl (C=O) groups excluding carboxylic acids is 1. The molecule has 0 spiro atoms. The summed E-state index contributed by atoms with van der Waals surface area (Å²) in [6.07, 6.45) is 8.52. The predicted molar refractivity (Wildman–Crippen MR) is 125 cm³/mol. The van der Waals surface area contributed by atoms with Crippen LogP contribution >= 0.6 is 0 Å². The first-order chi connectivity index (χ1) is 15.5. The molecule has 0 unspecified atom stereocenters. The van der Waals surface area contributed by atoms with Gasteiger partial charge in [-0.3, -0.25) is 9.59 Å². The van der Waals surface area contributed by atoms with Crippen molar-refractivity contribution in [3.63, 3.8) is 0 Å². The van der Waals surface area contributed by atoms with Gasteiger partial charge in [0.25, 0.3) is 0 Å². The summed E-state index contributed by atoms with van der Waals surface area (Å²) < 4.78 is 0. The lowest BCUT2D eigenvalue weighted by Gasteiger charge is -2.56. The van der Waals surface area contributed by atoms with Gasteiger partial charge in [0.15, 0.2) is 0 Å². The highest BCUT2D eigenvalue weighted by atomic mass is 16.4. The fourth-order valence-corrected chi connectivity index (χ4v) is 6.88. The van der Waals surface area contributed by atoms with E-state index in [-0.39, 0.29) is 17.9 Å². The highest BCUT2D eigenvalue weighted by Crippen LogP contribution is 2.61. The van der Waals surface area contributed by atoms with Crippen LogP contribution in [0.2, 0.25) is 0 Å². The van der Waals surface area contributed by atoms with Crippen molar-refractivity contribution < 1.29 is 14.7 Å². The molecule has 7 heteroatoms. The molecule has 0 aliphatic heterocycles. The van der Waals surface area contributed by atoms with Crippen molar-refractivity contribution in [2.75, 3.05) is 30.3 Å². The average Bonchev–Trinajstić information content (AvgIpc) is 2.72. The van der Waals surface area contributed by atoms with E-state index in [0.717, 1.165) is 40.2 Å². The molecular weight excluding hydrogens is 404 g/mol. The van der Waals surface area contributed by atoms with E-state index in [9.17, 15) is 9.59 Å². The number of fused-ring (bicyclic) bond motifs is 1. The zero-order valence-corrected chi connectivity index (χ0v) is 18.4. The number of hydrogen-bond donors (Lipinski definition) is 4. The van der Waals surface area contributed by atoms with Crippen molar-refractivity contribution in [3.8, 4) is 0 Å². The SMILES string of the molecule is O=C(O)CNCCNc1ccc2c(NC(=O)CC34CC5CC(CC(C5)C3)C4)cccc2n1. The number of nitrogens with zero attached hydrogens (tertiary/aromatic N) is 1. The third-order valence-electron chi connectivity index (χ3n) is 7.59. The smallest absolute Gasteiger partial charge is 0.317 e. The van der Waals surface area contributed by atoms with Gasteiger partial charge in [0.1, 0.15) is 5.82 Å². The number of carboxylic acid groups (broad SMARTS) is 1. The van der Waals surface area contributed by atoms with Crippen LogP contribution in [0, 0.1) is 23.2 Å². The second-order valence-corrected chi connectivity index (χ2v) is 10.2. The molecular formula is C25H32N4O3. The van der Waals surface area contributed by atoms with Crippen molar-refractivity contribution >= 4 is 34.3 Å². The summed E-state index contributed by atoms with van der Waals surface area (Å²) in [5.74, 6) is 2.53. The third kappa shape index (κ3) is 4.58. The van der Waals surface area contributed by atoms with Crippen molar-refractivity contribution in [1.82, 2.24) is 10.3 Å². The Morgan fingerprint density at radius 2 is 1.72 bits per heavy atom. The number of aromatic nitrogens is 1.